The van der Waals surface area contributed by atoms with E-state index in [9.17, 15) is 8.42 Å². The highest BCUT2D eigenvalue weighted by atomic mass is 79.9. The Kier molecular flexibility index (Phi) is 10.2. The molecule has 2 aromatic rings. The van der Waals surface area contributed by atoms with Gasteiger partial charge in [0.2, 0.25) is 10.0 Å². The summed E-state index contributed by atoms with van der Waals surface area (Å²) in [5.74, 6) is 0.321. The maximum Gasteiger partial charge on any atom is 0.216 e. The smallest absolute Gasteiger partial charge is 0.216 e. The van der Waals surface area contributed by atoms with Gasteiger partial charge in [0, 0.05) is 36.1 Å². The monoisotopic (exact) mass is 660 g/mol. The van der Waals surface area contributed by atoms with E-state index >= 15 is 0 Å². The molecular weight excluding hydrogens is 612 g/mol. The van der Waals surface area contributed by atoms with Gasteiger partial charge >= 0.3 is 0 Å². The standard InChI is InChI=1S/C33H49BrN4O3S/c1-22-8-6-9-23(2)31(22)29-17-30-36-32(35-29)37-42(39,40)28-11-7-10-25(16-28)20-38(19-24-12-14-26(34)15-13-24)27(21-41-30)18-33(3,4)5/h6,8-9,12-15,25,27-30,32,35-37H,7,10-11,16-21H2,1-5H3/t25?,27-,28?,29?,30?,32?/m1/s1. The van der Waals surface area contributed by atoms with Gasteiger partial charge in [-0.15, -0.1) is 0 Å². The van der Waals surface area contributed by atoms with Crippen LogP contribution in [0, 0.1) is 25.2 Å². The lowest BCUT2D eigenvalue weighted by Gasteiger charge is -2.41. The van der Waals surface area contributed by atoms with Crippen molar-refractivity contribution in [2.24, 2.45) is 11.3 Å². The van der Waals surface area contributed by atoms with Crippen LogP contribution in [0.4, 0.5) is 0 Å². The van der Waals surface area contributed by atoms with Gasteiger partial charge in [-0.25, -0.2) is 8.42 Å². The van der Waals surface area contributed by atoms with Crippen LogP contribution >= 0.6 is 15.9 Å². The minimum absolute atomic E-state index is 0.0330. The molecule has 0 aromatic heterocycles. The normalized spacial score (nSPS) is 31.0. The van der Waals surface area contributed by atoms with Crippen LogP contribution in [0.3, 0.4) is 0 Å². The predicted molar refractivity (Wildman–Crippen MR) is 173 cm³/mol. The highest BCUT2D eigenvalue weighted by Gasteiger charge is 2.39. The molecule has 3 N–H and O–H groups in total. The van der Waals surface area contributed by atoms with Crippen molar-refractivity contribution in [1.82, 2.24) is 20.3 Å². The van der Waals surface area contributed by atoms with E-state index in [2.05, 4.69) is 113 Å². The Labute approximate surface area is 261 Å². The number of sulfonamides is 1. The minimum Gasteiger partial charge on any atom is -0.362 e. The van der Waals surface area contributed by atoms with Crippen LogP contribution in [0.5, 0.6) is 0 Å². The van der Waals surface area contributed by atoms with E-state index in [1.807, 2.05) is 0 Å². The summed E-state index contributed by atoms with van der Waals surface area (Å²) in [5.41, 5.74) is 5.01. The number of hydrogen-bond acceptors (Lipinski definition) is 6. The van der Waals surface area contributed by atoms with E-state index in [4.69, 9.17) is 4.74 Å². The Bertz CT molecular complexity index is 1290. The van der Waals surface area contributed by atoms with E-state index in [-0.39, 0.29) is 23.7 Å². The second-order valence-corrected chi connectivity index (χ2v) is 16.9. The first-order valence-electron chi connectivity index (χ1n) is 15.6. The Hall–Kier alpha value is -1.33. The lowest BCUT2D eigenvalue weighted by Crippen LogP contribution is -2.64. The molecular formula is C33H49BrN4O3S. The van der Waals surface area contributed by atoms with Crippen LogP contribution in [0.15, 0.2) is 46.9 Å². The highest BCUT2D eigenvalue weighted by molar-refractivity contribution is 9.10. The average Bonchev–Trinajstić information content (AvgIpc) is 2.91. The van der Waals surface area contributed by atoms with E-state index in [1.165, 1.54) is 22.3 Å². The number of ether oxygens (including phenoxy) is 1. The second kappa shape index (κ2) is 13.3. The first-order valence-corrected chi connectivity index (χ1v) is 17.9. The van der Waals surface area contributed by atoms with Crippen molar-refractivity contribution in [2.45, 2.75) is 110 Å². The number of rotatable bonds is 4. The zero-order valence-electron chi connectivity index (χ0n) is 25.8. The van der Waals surface area contributed by atoms with Gasteiger partial charge in [0.05, 0.1) is 11.9 Å². The molecule has 0 amide bonds. The van der Waals surface area contributed by atoms with Crippen LogP contribution in [0.2, 0.25) is 0 Å². The Morgan fingerprint density at radius 3 is 2.40 bits per heavy atom. The van der Waals surface area contributed by atoms with Crippen LogP contribution in [-0.2, 0) is 21.3 Å². The summed E-state index contributed by atoms with van der Waals surface area (Å²) in [6, 6.07) is 15.1. The fourth-order valence-electron chi connectivity index (χ4n) is 7.22. The Morgan fingerprint density at radius 2 is 1.71 bits per heavy atom. The number of halogens is 1. The first kappa shape index (κ1) is 32.1. The predicted octanol–water partition coefficient (Wildman–Crippen LogP) is 6.12. The van der Waals surface area contributed by atoms with Crippen molar-refractivity contribution in [2.75, 3.05) is 13.2 Å². The van der Waals surface area contributed by atoms with E-state index < -0.39 is 21.6 Å². The van der Waals surface area contributed by atoms with Gasteiger partial charge in [-0.3, -0.25) is 15.5 Å². The minimum atomic E-state index is -3.55. The molecule has 0 spiro atoms. The third-order valence-electron chi connectivity index (χ3n) is 9.16. The van der Waals surface area contributed by atoms with Crippen LogP contribution in [-0.4, -0.2) is 50.3 Å². The molecule has 9 heteroatoms. The molecule has 3 fully saturated rings. The highest BCUT2D eigenvalue weighted by Crippen LogP contribution is 2.34. The number of benzene rings is 2. The lowest BCUT2D eigenvalue weighted by atomic mass is 9.85. The fraction of sp³-hybridized carbons (Fsp3) is 0.636. The van der Waals surface area contributed by atoms with Crippen molar-refractivity contribution in [3.8, 4) is 0 Å². The molecule has 6 atom stereocenters. The molecule has 3 aliphatic rings. The van der Waals surface area contributed by atoms with Crippen molar-refractivity contribution in [3.63, 3.8) is 0 Å². The van der Waals surface area contributed by atoms with Crippen molar-refractivity contribution in [1.29, 1.82) is 0 Å². The fourth-order valence-corrected chi connectivity index (χ4v) is 9.15. The van der Waals surface area contributed by atoms with Crippen molar-refractivity contribution in [3.05, 3.63) is 69.2 Å². The molecule has 2 aliphatic heterocycles. The topological polar surface area (TPSA) is 82.7 Å². The average molecular weight is 662 g/mol. The molecule has 0 radical (unpaired) electrons. The molecule has 5 rings (SSSR count). The zero-order chi connectivity index (χ0) is 30.1. The number of aryl methyl sites for hydroxylation is 2. The molecule has 232 valence electrons. The van der Waals surface area contributed by atoms with Crippen LogP contribution in [0.25, 0.3) is 0 Å². The SMILES string of the molecule is Cc1cccc(C)c1C1CC2NC(N1)NS(=O)(=O)C1CCCC(C1)CN(Cc1ccc(Br)cc1)[C@H](CC(C)(C)C)CO2. The summed E-state index contributed by atoms with van der Waals surface area (Å²) in [6.07, 6.45) is 4.20. The molecule has 1 aliphatic carbocycles. The van der Waals surface area contributed by atoms with Crippen molar-refractivity contribution >= 4 is 26.0 Å². The molecule has 5 unspecified atom stereocenters. The molecule has 42 heavy (non-hydrogen) atoms. The van der Waals surface area contributed by atoms with Gasteiger partial charge in [0.15, 0.2) is 0 Å². The van der Waals surface area contributed by atoms with Gasteiger partial charge in [0.1, 0.15) is 12.5 Å². The molecule has 2 heterocycles. The van der Waals surface area contributed by atoms with Crippen molar-refractivity contribution < 1.29 is 13.2 Å². The number of fused-ring (bicyclic) bond motifs is 4. The van der Waals surface area contributed by atoms with Gasteiger partial charge in [0.25, 0.3) is 0 Å². The second-order valence-electron chi connectivity index (χ2n) is 14.0. The summed E-state index contributed by atoms with van der Waals surface area (Å²) in [6.45, 7) is 13.4. The van der Waals surface area contributed by atoms with Gasteiger partial charge in [-0.1, -0.05) is 73.5 Å². The maximum atomic E-state index is 13.8. The van der Waals surface area contributed by atoms with Gasteiger partial charge in [-0.05, 0) is 85.3 Å². The zero-order valence-corrected chi connectivity index (χ0v) is 28.2. The van der Waals surface area contributed by atoms with Crippen LogP contribution in [0.1, 0.15) is 87.6 Å². The lowest BCUT2D eigenvalue weighted by molar-refractivity contribution is -0.0515. The van der Waals surface area contributed by atoms with Crippen LogP contribution < -0.4 is 15.4 Å². The van der Waals surface area contributed by atoms with Gasteiger partial charge < -0.3 is 4.74 Å². The molecule has 4 bridgehead atoms. The van der Waals surface area contributed by atoms with E-state index in [1.54, 1.807) is 0 Å². The Morgan fingerprint density at radius 1 is 1.00 bits per heavy atom. The largest absolute Gasteiger partial charge is 0.362 e. The summed E-state index contributed by atoms with van der Waals surface area (Å²) in [4.78, 5) is 2.58. The maximum absolute atomic E-state index is 13.8. The quantitative estimate of drug-likeness (QED) is 0.367. The molecule has 2 aromatic carbocycles. The molecule has 2 saturated heterocycles. The third kappa shape index (κ3) is 8.23. The number of nitrogens with zero attached hydrogens (tertiary/aromatic N) is 1. The van der Waals surface area contributed by atoms with E-state index in [0.29, 0.717) is 31.8 Å². The summed E-state index contributed by atoms with van der Waals surface area (Å²) >= 11 is 3.58. The summed E-state index contributed by atoms with van der Waals surface area (Å²) < 4.78 is 38.4. The number of nitrogens with one attached hydrogen (secondary N) is 3. The summed E-state index contributed by atoms with van der Waals surface area (Å²) in [7, 11) is -3.55. The molecule has 1 saturated carbocycles. The molecule has 7 nitrogen and oxygen atoms in total. The van der Waals surface area contributed by atoms with E-state index in [0.717, 1.165) is 36.8 Å². The number of hydrogen-bond donors (Lipinski definition) is 3. The van der Waals surface area contributed by atoms with Gasteiger partial charge in [-0.2, -0.15) is 4.72 Å². The third-order valence-corrected chi connectivity index (χ3v) is 11.6. The first-order chi connectivity index (χ1) is 19.9. The summed E-state index contributed by atoms with van der Waals surface area (Å²) in [5, 5.41) is 6.65. The Balaban J connectivity index is 1.49.